The first-order chi connectivity index (χ1) is 16.7. The van der Waals surface area contributed by atoms with Crippen molar-refractivity contribution in [2.45, 2.75) is 117 Å². The lowest BCUT2D eigenvalue weighted by molar-refractivity contribution is 0.0630. The fourth-order valence-corrected chi connectivity index (χ4v) is 4.35. The van der Waals surface area contributed by atoms with E-state index >= 15 is 0 Å². The number of rotatable bonds is 20. The van der Waals surface area contributed by atoms with Gasteiger partial charge in [0.25, 0.3) is 0 Å². The summed E-state index contributed by atoms with van der Waals surface area (Å²) in [5.41, 5.74) is 3.70. The minimum atomic E-state index is 0.150. The Bertz CT molecular complexity index is 720. The molecule has 2 aromatic carbocycles. The summed E-state index contributed by atoms with van der Waals surface area (Å²) in [6.45, 7) is 8.31. The summed E-state index contributed by atoms with van der Waals surface area (Å²) in [5.74, 6) is 0.974. The number of benzene rings is 2. The molecule has 0 aliphatic rings. The molecule has 34 heavy (non-hydrogen) atoms. The second-order valence-corrected chi connectivity index (χ2v) is 9.75. The molecule has 0 fully saturated rings. The van der Waals surface area contributed by atoms with Gasteiger partial charge in [0.15, 0.2) is 0 Å². The fraction of sp³-hybridized carbons (Fsp3) is 0.625. The van der Waals surface area contributed by atoms with E-state index in [1.54, 1.807) is 0 Å². The maximum Gasteiger partial charge on any atom is 0.119 e. The third-order valence-electron chi connectivity index (χ3n) is 6.70. The van der Waals surface area contributed by atoms with Crippen LogP contribution in [-0.4, -0.2) is 13.2 Å². The molecule has 1 unspecified atom stereocenters. The SMILES string of the molecule is CCCCCCCCCCCCCOc1ccc(-c2ccc(C(C)OCCCCC)cc2)cc1. The normalized spacial score (nSPS) is 12.1. The smallest absolute Gasteiger partial charge is 0.119 e. The van der Waals surface area contributed by atoms with Crippen molar-refractivity contribution in [2.75, 3.05) is 13.2 Å². The molecule has 0 spiro atoms. The van der Waals surface area contributed by atoms with E-state index in [2.05, 4.69) is 69.3 Å². The largest absolute Gasteiger partial charge is 0.494 e. The van der Waals surface area contributed by atoms with Crippen molar-refractivity contribution >= 4 is 0 Å². The molecule has 1 atom stereocenters. The van der Waals surface area contributed by atoms with Crippen molar-refractivity contribution in [1.29, 1.82) is 0 Å². The molecule has 0 aliphatic heterocycles. The van der Waals surface area contributed by atoms with Gasteiger partial charge in [-0.25, -0.2) is 0 Å². The molecule has 0 N–H and O–H groups in total. The zero-order valence-corrected chi connectivity index (χ0v) is 22.3. The van der Waals surface area contributed by atoms with E-state index in [4.69, 9.17) is 9.47 Å². The monoisotopic (exact) mass is 466 g/mol. The molecule has 2 rings (SSSR count). The Balaban J connectivity index is 1.59. The maximum atomic E-state index is 5.97. The Kier molecular flexibility index (Phi) is 15.5. The summed E-state index contributed by atoms with van der Waals surface area (Å²) in [7, 11) is 0. The topological polar surface area (TPSA) is 18.5 Å². The lowest BCUT2D eigenvalue weighted by Crippen LogP contribution is -2.01. The van der Waals surface area contributed by atoms with Crippen molar-refractivity contribution in [2.24, 2.45) is 0 Å². The van der Waals surface area contributed by atoms with Gasteiger partial charge in [0, 0.05) is 6.61 Å². The van der Waals surface area contributed by atoms with E-state index in [1.807, 2.05) is 0 Å². The molecule has 190 valence electrons. The van der Waals surface area contributed by atoms with Gasteiger partial charge < -0.3 is 9.47 Å². The molecule has 0 radical (unpaired) electrons. The third kappa shape index (κ3) is 12.1. The van der Waals surface area contributed by atoms with Crippen LogP contribution in [0, 0.1) is 0 Å². The molecular formula is C32H50O2. The van der Waals surface area contributed by atoms with Crippen LogP contribution in [-0.2, 0) is 4.74 Å². The van der Waals surface area contributed by atoms with Crippen molar-refractivity contribution in [3.63, 3.8) is 0 Å². The van der Waals surface area contributed by atoms with Crippen LogP contribution in [0.5, 0.6) is 5.75 Å². The van der Waals surface area contributed by atoms with Gasteiger partial charge >= 0.3 is 0 Å². The van der Waals surface area contributed by atoms with Crippen molar-refractivity contribution in [3.05, 3.63) is 54.1 Å². The molecule has 0 aliphatic carbocycles. The Hall–Kier alpha value is -1.80. The number of ether oxygens (including phenoxy) is 2. The zero-order chi connectivity index (χ0) is 24.3. The van der Waals surface area contributed by atoms with Gasteiger partial charge in [0.05, 0.1) is 12.7 Å². The van der Waals surface area contributed by atoms with Crippen LogP contribution in [0.3, 0.4) is 0 Å². The third-order valence-corrected chi connectivity index (χ3v) is 6.70. The zero-order valence-electron chi connectivity index (χ0n) is 22.3. The average Bonchev–Trinajstić information content (AvgIpc) is 2.87. The highest BCUT2D eigenvalue weighted by atomic mass is 16.5. The van der Waals surface area contributed by atoms with E-state index in [1.165, 1.54) is 93.7 Å². The maximum absolute atomic E-state index is 5.97. The highest BCUT2D eigenvalue weighted by Crippen LogP contribution is 2.25. The predicted octanol–water partition coefficient (Wildman–Crippen LogP) is 10.3. The predicted molar refractivity (Wildman–Crippen MR) is 148 cm³/mol. The molecule has 2 aromatic rings. The van der Waals surface area contributed by atoms with E-state index in [-0.39, 0.29) is 6.10 Å². The quantitative estimate of drug-likeness (QED) is 0.181. The minimum Gasteiger partial charge on any atom is -0.494 e. The van der Waals surface area contributed by atoms with Crippen molar-refractivity contribution in [1.82, 2.24) is 0 Å². The summed E-state index contributed by atoms with van der Waals surface area (Å²) in [6, 6.07) is 17.3. The van der Waals surface area contributed by atoms with E-state index < -0.39 is 0 Å². The fourth-order valence-electron chi connectivity index (χ4n) is 4.35. The molecule has 0 saturated carbocycles. The lowest BCUT2D eigenvalue weighted by Gasteiger charge is -2.14. The van der Waals surface area contributed by atoms with E-state index in [0.29, 0.717) is 0 Å². The van der Waals surface area contributed by atoms with Crippen LogP contribution in [0.1, 0.15) is 122 Å². The molecule has 0 saturated heterocycles. The number of hydrogen-bond donors (Lipinski definition) is 0. The van der Waals surface area contributed by atoms with Crippen molar-refractivity contribution < 1.29 is 9.47 Å². The van der Waals surface area contributed by atoms with Crippen LogP contribution in [0.25, 0.3) is 11.1 Å². The van der Waals surface area contributed by atoms with Crippen LogP contribution in [0.2, 0.25) is 0 Å². The van der Waals surface area contributed by atoms with E-state index in [0.717, 1.165) is 31.8 Å². The number of hydrogen-bond acceptors (Lipinski definition) is 2. The lowest BCUT2D eigenvalue weighted by atomic mass is 10.0. The average molecular weight is 467 g/mol. The molecule has 2 heteroatoms. The molecule has 0 heterocycles. The van der Waals surface area contributed by atoms with Crippen LogP contribution in [0.15, 0.2) is 48.5 Å². The first kappa shape index (κ1) is 28.4. The van der Waals surface area contributed by atoms with Crippen molar-refractivity contribution in [3.8, 4) is 16.9 Å². The van der Waals surface area contributed by atoms with Crippen LogP contribution >= 0.6 is 0 Å². The Labute approximate surface area is 210 Å². The Morgan fingerprint density at radius 3 is 1.53 bits per heavy atom. The highest BCUT2D eigenvalue weighted by molar-refractivity contribution is 5.64. The molecule has 0 aromatic heterocycles. The summed E-state index contributed by atoms with van der Waals surface area (Å²) in [5, 5.41) is 0. The van der Waals surface area contributed by atoms with Crippen LogP contribution < -0.4 is 4.74 Å². The molecular weight excluding hydrogens is 416 g/mol. The summed E-state index contributed by atoms with van der Waals surface area (Å²) in [6.07, 6.45) is 18.8. The van der Waals surface area contributed by atoms with Gasteiger partial charge in [-0.1, -0.05) is 127 Å². The highest BCUT2D eigenvalue weighted by Gasteiger charge is 2.06. The van der Waals surface area contributed by atoms with Gasteiger partial charge in [-0.05, 0) is 48.6 Å². The van der Waals surface area contributed by atoms with Crippen LogP contribution in [0.4, 0.5) is 0 Å². The molecule has 0 amide bonds. The van der Waals surface area contributed by atoms with E-state index in [9.17, 15) is 0 Å². The summed E-state index contributed by atoms with van der Waals surface area (Å²) in [4.78, 5) is 0. The number of unbranched alkanes of at least 4 members (excludes halogenated alkanes) is 12. The molecule has 0 bridgehead atoms. The first-order valence-electron chi connectivity index (χ1n) is 14.2. The summed E-state index contributed by atoms with van der Waals surface area (Å²) >= 11 is 0. The summed E-state index contributed by atoms with van der Waals surface area (Å²) < 4.78 is 11.9. The van der Waals surface area contributed by atoms with Gasteiger partial charge in [0.2, 0.25) is 0 Å². The van der Waals surface area contributed by atoms with Gasteiger partial charge in [-0.3, -0.25) is 0 Å². The van der Waals surface area contributed by atoms with Gasteiger partial charge in [0.1, 0.15) is 5.75 Å². The minimum absolute atomic E-state index is 0.150. The Morgan fingerprint density at radius 1 is 0.529 bits per heavy atom. The van der Waals surface area contributed by atoms with Gasteiger partial charge in [-0.2, -0.15) is 0 Å². The first-order valence-corrected chi connectivity index (χ1v) is 14.2. The standard InChI is InChI=1S/C32H50O2/c1-4-6-8-9-10-11-12-13-14-15-17-27-34-32-24-22-31(23-25-32)30-20-18-29(19-21-30)28(3)33-26-16-7-5-2/h18-25,28H,4-17,26-27H2,1-3H3. The van der Waals surface area contributed by atoms with Gasteiger partial charge in [-0.15, -0.1) is 0 Å². The molecule has 2 nitrogen and oxygen atoms in total. The second kappa shape index (κ2) is 18.5. The Morgan fingerprint density at radius 2 is 0.971 bits per heavy atom. The second-order valence-electron chi connectivity index (χ2n) is 9.75.